The minimum absolute atomic E-state index is 0.0594. The Kier molecular flexibility index (Phi) is 4.22. The predicted octanol–water partition coefficient (Wildman–Crippen LogP) is 1.60. The van der Waals surface area contributed by atoms with Crippen molar-refractivity contribution in [2.45, 2.75) is 52.1 Å². The van der Waals surface area contributed by atoms with Gasteiger partial charge in [0.25, 0.3) is 5.91 Å². The Morgan fingerprint density at radius 2 is 2.05 bits per heavy atom. The molecule has 1 unspecified atom stereocenters. The SMILES string of the molecule is CC(C)C(Cn1nccn1)NC(=O)c1noc2c1CCCC2. The summed E-state index contributed by atoms with van der Waals surface area (Å²) in [6.07, 6.45) is 7.19. The summed E-state index contributed by atoms with van der Waals surface area (Å²) in [5.74, 6) is 0.960. The molecule has 2 heterocycles. The van der Waals surface area contributed by atoms with Crippen molar-refractivity contribution < 1.29 is 9.32 Å². The minimum Gasteiger partial charge on any atom is -0.360 e. The largest absolute Gasteiger partial charge is 0.360 e. The molecule has 0 aromatic carbocycles. The van der Waals surface area contributed by atoms with E-state index < -0.39 is 0 Å². The van der Waals surface area contributed by atoms with E-state index in [2.05, 4.69) is 34.5 Å². The lowest BCUT2D eigenvalue weighted by atomic mass is 9.96. The Labute approximate surface area is 129 Å². The molecule has 0 radical (unpaired) electrons. The standard InChI is InChI=1S/C15H21N5O2/c1-10(2)12(9-20-16-7-8-17-20)18-15(21)14-11-5-3-4-6-13(11)22-19-14/h7-8,10,12H,3-6,9H2,1-2H3,(H,18,21). The number of amides is 1. The lowest BCUT2D eigenvalue weighted by molar-refractivity contribution is 0.0907. The van der Waals surface area contributed by atoms with Gasteiger partial charge in [0.2, 0.25) is 0 Å². The number of hydrogen-bond acceptors (Lipinski definition) is 5. The van der Waals surface area contributed by atoms with Crippen molar-refractivity contribution in [1.82, 2.24) is 25.5 Å². The fourth-order valence-corrected chi connectivity index (χ4v) is 2.74. The Balaban J connectivity index is 1.72. The predicted molar refractivity (Wildman–Crippen MR) is 79.3 cm³/mol. The quantitative estimate of drug-likeness (QED) is 0.906. The number of aryl methyl sites for hydroxylation is 1. The van der Waals surface area contributed by atoms with Crippen molar-refractivity contribution in [3.8, 4) is 0 Å². The Morgan fingerprint density at radius 1 is 1.32 bits per heavy atom. The zero-order valence-electron chi connectivity index (χ0n) is 13.0. The summed E-state index contributed by atoms with van der Waals surface area (Å²) in [7, 11) is 0. The molecule has 0 aliphatic heterocycles. The lowest BCUT2D eigenvalue weighted by Gasteiger charge is -2.21. The van der Waals surface area contributed by atoms with Gasteiger partial charge in [0.05, 0.1) is 25.0 Å². The van der Waals surface area contributed by atoms with Crippen molar-refractivity contribution in [3.05, 3.63) is 29.4 Å². The first-order valence-corrected chi connectivity index (χ1v) is 7.77. The molecular formula is C15H21N5O2. The number of carbonyl (C=O) groups excluding carboxylic acids is 1. The van der Waals surface area contributed by atoms with Crippen molar-refractivity contribution in [2.75, 3.05) is 0 Å². The van der Waals surface area contributed by atoms with Crippen LogP contribution in [0.1, 0.15) is 48.5 Å². The minimum atomic E-state index is -0.169. The van der Waals surface area contributed by atoms with Crippen LogP contribution in [-0.4, -0.2) is 32.1 Å². The summed E-state index contributed by atoms with van der Waals surface area (Å²) < 4.78 is 5.32. The van der Waals surface area contributed by atoms with E-state index in [1.54, 1.807) is 17.2 Å². The van der Waals surface area contributed by atoms with Crippen LogP contribution >= 0.6 is 0 Å². The second-order valence-corrected chi connectivity index (χ2v) is 6.05. The normalized spacial score (nSPS) is 15.6. The summed E-state index contributed by atoms with van der Waals surface area (Å²) in [4.78, 5) is 14.1. The van der Waals surface area contributed by atoms with Gasteiger partial charge >= 0.3 is 0 Å². The zero-order valence-corrected chi connectivity index (χ0v) is 13.0. The molecule has 1 aliphatic carbocycles. The van der Waals surface area contributed by atoms with Gasteiger partial charge < -0.3 is 9.84 Å². The zero-order chi connectivity index (χ0) is 15.5. The molecule has 1 N–H and O–H groups in total. The molecule has 22 heavy (non-hydrogen) atoms. The van der Waals surface area contributed by atoms with E-state index in [1.807, 2.05) is 0 Å². The number of nitrogens with one attached hydrogen (secondary N) is 1. The van der Waals surface area contributed by atoms with E-state index in [0.29, 0.717) is 12.2 Å². The molecule has 3 rings (SSSR count). The van der Waals surface area contributed by atoms with Crippen LogP contribution in [0.3, 0.4) is 0 Å². The molecule has 0 bridgehead atoms. The maximum atomic E-state index is 12.5. The molecule has 0 saturated carbocycles. The average Bonchev–Trinajstić information content (AvgIpc) is 3.15. The van der Waals surface area contributed by atoms with Gasteiger partial charge in [-0.2, -0.15) is 15.0 Å². The van der Waals surface area contributed by atoms with Crippen LogP contribution in [0, 0.1) is 5.92 Å². The summed E-state index contributed by atoms with van der Waals surface area (Å²) in [6, 6.07) is -0.0594. The van der Waals surface area contributed by atoms with Crippen molar-refractivity contribution in [3.63, 3.8) is 0 Å². The smallest absolute Gasteiger partial charge is 0.274 e. The highest BCUT2D eigenvalue weighted by molar-refractivity contribution is 5.94. The van der Waals surface area contributed by atoms with Gasteiger partial charge in [-0.25, -0.2) is 0 Å². The molecule has 1 aliphatic rings. The van der Waals surface area contributed by atoms with Gasteiger partial charge in [-0.3, -0.25) is 4.79 Å². The molecule has 7 nitrogen and oxygen atoms in total. The first-order valence-electron chi connectivity index (χ1n) is 7.77. The molecule has 118 valence electrons. The van der Waals surface area contributed by atoms with Gasteiger partial charge in [-0.15, -0.1) is 0 Å². The molecule has 1 atom stereocenters. The van der Waals surface area contributed by atoms with Crippen LogP contribution in [0.2, 0.25) is 0 Å². The van der Waals surface area contributed by atoms with Crippen LogP contribution in [0.25, 0.3) is 0 Å². The molecule has 7 heteroatoms. The van der Waals surface area contributed by atoms with E-state index in [1.165, 1.54) is 0 Å². The summed E-state index contributed by atoms with van der Waals surface area (Å²) >= 11 is 0. The Morgan fingerprint density at radius 3 is 2.77 bits per heavy atom. The van der Waals surface area contributed by atoms with Crippen molar-refractivity contribution in [2.24, 2.45) is 5.92 Å². The lowest BCUT2D eigenvalue weighted by Crippen LogP contribution is -2.42. The van der Waals surface area contributed by atoms with E-state index in [-0.39, 0.29) is 17.9 Å². The highest BCUT2D eigenvalue weighted by Crippen LogP contribution is 2.24. The van der Waals surface area contributed by atoms with Gasteiger partial charge in [0.1, 0.15) is 5.76 Å². The van der Waals surface area contributed by atoms with E-state index >= 15 is 0 Å². The number of carbonyl (C=O) groups is 1. The third-order valence-electron chi connectivity index (χ3n) is 4.11. The van der Waals surface area contributed by atoms with E-state index in [9.17, 15) is 4.79 Å². The fraction of sp³-hybridized carbons (Fsp3) is 0.600. The second kappa shape index (κ2) is 6.29. The first-order chi connectivity index (χ1) is 10.6. The molecule has 0 saturated heterocycles. The van der Waals surface area contributed by atoms with Gasteiger partial charge in [0, 0.05) is 12.0 Å². The third-order valence-corrected chi connectivity index (χ3v) is 4.11. The van der Waals surface area contributed by atoms with Crippen LogP contribution in [0.15, 0.2) is 16.9 Å². The van der Waals surface area contributed by atoms with Gasteiger partial charge in [-0.1, -0.05) is 19.0 Å². The van der Waals surface area contributed by atoms with E-state index in [4.69, 9.17) is 4.52 Å². The highest BCUT2D eigenvalue weighted by atomic mass is 16.5. The molecule has 0 fully saturated rings. The number of rotatable bonds is 5. The maximum absolute atomic E-state index is 12.5. The molecule has 0 spiro atoms. The Bertz CT molecular complexity index is 632. The van der Waals surface area contributed by atoms with Gasteiger partial charge in [-0.05, 0) is 25.2 Å². The fourth-order valence-electron chi connectivity index (χ4n) is 2.74. The number of fused-ring (bicyclic) bond motifs is 1. The molecule has 2 aromatic rings. The summed E-state index contributed by atoms with van der Waals surface area (Å²) in [5.41, 5.74) is 1.41. The second-order valence-electron chi connectivity index (χ2n) is 6.05. The number of hydrogen-bond donors (Lipinski definition) is 1. The number of nitrogens with zero attached hydrogens (tertiary/aromatic N) is 4. The topological polar surface area (TPSA) is 85.8 Å². The average molecular weight is 303 g/mol. The summed E-state index contributed by atoms with van der Waals surface area (Å²) in [6.45, 7) is 4.66. The third kappa shape index (κ3) is 3.03. The molecule has 1 amide bonds. The maximum Gasteiger partial charge on any atom is 0.274 e. The van der Waals surface area contributed by atoms with Crippen molar-refractivity contribution >= 4 is 5.91 Å². The molecular weight excluding hydrogens is 282 g/mol. The molecule has 2 aromatic heterocycles. The van der Waals surface area contributed by atoms with Crippen LogP contribution < -0.4 is 5.32 Å². The van der Waals surface area contributed by atoms with Crippen LogP contribution in [-0.2, 0) is 19.4 Å². The Hall–Kier alpha value is -2.18. The highest BCUT2D eigenvalue weighted by Gasteiger charge is 2.26. The van der Waals surface area contributed by atoms with Crippen LogP contribution in [0.5, 0.6) is 0 Å². The van der Waals surface area contributed by atoms with E-state index in [0.717, 1.165) is 37.0 Å². The summed E-state index contributed by atoms with van der Waals surface area (Å²) in [5, 5.41) is 15.2. The van der Waals surface area contributed by atoms with Gasteiger partial charge in [0.15, 0.2) is 5.69 Å². The van der Waals surface area contributed by atoms with Crippen molar-refractivity contribution in [1.29, 1.82) is 0 Å². The number of aromatic nitrogens is 4. The first kappa shape index (κ1) is 14.7. The monoisotopic (exact) mass is 303 g/mol. The van der Waals surface area contributed by atoms with Crippen LogP contribution in [0.4, 0.5) is 0 Å².